The number of hydrogen-bond acceptors (Lipinski definition) is 5. The van der Waals surface area contributed by atoms with Crippen LogP contribution in [0.4, 0.5) is 0 Å². The summed E-state index contributed by atoms with van der Waals surface area (Å²) >= 11 is 6.01. The summed E-state index contributed by atoms with van der Waals surface area (Å²) in [7, 11) is -5.79. The molecule has 0 unspecified atom stereocenters. The topological polar surface area (TPSA) is 101 Å². The molecular formula is C15H21ClN2O5S2. The molecule has 1 aromatic rings. The Hall–Kier alpha value is -1.16. The van der Waals surface area contributed by atoms with Gasteiger partial charge in [0.05, 0.1) is 11.0 Å². The molecular weight excluding hydrogens is 388 g/mol. The van der Waals surface area contributed by atoms with Gasteiger partial charge in [-0.05, 0) is 24.5 Å². The monoisotopic (exact) mass is 408 g/mol. The Kier molecular flexibility index (Phi) is 6.47. The van der Waals surface area contributed by atoms with Crippen molar-refractivity contribution in [1.82, 2.24) is 9.62 Å². The molecule has 0 spiro atoms. The zero-order valence-corrected chi connectivity index (χ0v) is 16.2. The molecule has 1 aliphatic heterocycles. The molecule has 1 saturated heterocycles. The Bertz CT molecular complexity index is 831. The van der Waals surface area contributed by atoms with E-state index in [-0.39, 0.29) is 31.7 Å². The van der Waals surface area contributed by atoms with Gasteiger partial charge in [-0.3, -0.25) is 4.79 Å². The van der Waals surface area contributed by atoms with Gasteiger partial charge in [-0.1, -0.05) is 29.8 Å². The molecule has 25 heavy (non-hydrogen) atoms. The number of carbonyl (C=O) groups excluding carboxylic acids is 1. The van der Waals surface area contributed by atoms with E-state index in [2.05, 4.69) is 5.32 Å². The number of nitrogens with one attached hydrogen (secondary N) is 1. The molecule has 1 heterocycles. The maximum absolute atomic E-state index is 12.5. The zero-order valence-electron chi connectivity index (χ0n) is 13.8. The van der Waals surface area contributed by atoms with E-state index in [1.807, 2.05) is 0 Å². The van der Waals surface area contributed by atoms with Crippen molar-refractivity contribution >= 4 is 37.4 Å². The summed E-state index contributed by atoms with van der Waals surface area (Å²) < 4.78 is 50.8. The number of carbonyl (C=O) groups is 1. The molecule has 140 valence electrons. The molecule has 10 heteroatoms. The highest BCUT2D eigenvalue weighted by atomic mass is 35.5. The highest BCUT2D eigenvalue weighted by Gasteiger charge is 2.35. The van der Waals surface area contributed by atoms with Crippen LogP contribution in [0.5, 0.6) is 0 Å². The minimum Gasteiger partial charge on any atom is -0.358 e. The first-order valence-corrected chi connectivity index (χ1v) is 11.5. The highest BCUT2D eigenvalue weighted by molar-refractivity contribution is 7.92. The van der Waals surface area contributed by atoms with Crippen LogP contribution in [-0.4, -0.2) is 58.2 Å². The summed E-state index contributed by atoms with van der Waals surface area (Å²) in [6.07, 6.45) is 0.363. The fourth-order valence-corrected chi connectivity index (χ4v) is 6.30. The van der Waals surface area contributed by atoms with Crippen LogP contribution in [-0.2, 0) is 30.4 Å². The molecule has 1 aromatic carbocycles. The quantitative estimate of drug-likeness (QED) is 0.750. The smallest absolute Gasteiger partial charge is 0.234 e. The summed E-state index contributed by atoms with van der Waals surface area (Å²) in [5.74, 6) is -1.35. The number of sulfonamides is 1. The first-order chi connectivity index (χ1) is 11.7. The SMILES string of the molecule is CNC(=O)CS(=O)(=O)C1CCN(S(=O)(=O)Cc2ccccc2Cl)CC1. The zero-order chi connectivity index (χ0) is 18.7. The Balaban J connectivity index is 2.01. The third-order valence-electron chi connectivity index (χ3n) is 4.21. The van der Waals surface area contributed by atoms with Gasteiger partial charge in [-0.2, -0.15) is 0 Å². The van der Waals surface area contributed by atoms with E-state index >= 15 is 0 Å². The standard InChI is InChI=1S/C15H21ClN2O5S2/c1-17-15(19)11-24(20,21)13-6-8-18(9-7-13)25(22,23)10-12-4-2-3-5-14(12)16/h2-5,13H,6-11H2,1H3,(H,17,19). The van der Waals surface area contributed by atoms with Gasteiger partial charge in [0.25, 0.3) is 0 Å². The molecule has 2 rings (SSSR count). The van der Waals surface area contributed by atoms with Crippen molar-refractivity contribution in [2.24, 2.45) is 0 Å². The van der Waals surface area contributed by atoms with Crippen molar-refractivity contribution in [2.45, 2.75) is 23.8 Å². The largest absolute Gasteiger partial charge is 0.358 e. The molecule has 0 radical (unpaired) electrons. The second-order valence-corrected chi connectivity index (χ2v) is 10.6. The van der Waals surface area contributed by atoms with Crippen LogP contribution >= 0.6 is 11.6 Å². The molecule has 1 N–H and O–H groups in total. The molecule has 0 aliphatic carbocycles. The fourth-order valence-electron chi connectivity index (χ4n) is 2.75. The van der Waals surface area contributed by atoms with Crippen LogP contribution in [0.25, 0.3) is 0 Å². The number of halogens is 1. The van der Waals surface area contributed by atoms with E-state index in [1.54, 1.807) is 24.3 Å². The number of amides is 1. The summed E-state index contributed by atoms with van der Waals surface area (Å²) in [5.41, 5.74) is 0.513. The normalized spacial score (nSPS) is 17.4. The second kappa shape index (κ2) is 8.03. The van der Waals surface area contributed by atoms with Gasteiger partial charge in [0.15, 0.2) is 9.84 Å². The first kappa shape index (κ1) is 20.2. The Morgan fingerprint density at radius 1 is 1.20 bits per heavy atom. The molecule has 0 atom stereocenters. The van der Waals surface area contributed by atoms with Gasteiger partial charge in [0.2, 0.25) is 15.9 Å². The number of rotatable bonds is 6. The molecule has 0 aromatic heterocycles. The second-order valence-electron chi connectivity index (χ2n) is 5.93. The van der Waals surface area contributed by atoms with Gasteiger partial charge in [-0.15, -0.1) is 0 Å². The van der Waals surface area contributed by atoms with E-state index in [9.17, 15) is 21.6 Å². The maximum Gasteiger partial charge on any atom is 0.234 e. The average molecular weight is 409 g/mol. The lowest BCUT2D eigenvalue weighted by Gasteiger charge is -2.31. The van der Waals surface area contributed by atoms with Crippen molar-refractivity contribution in [2.75, 3.05) is 25.9 Å². The predicted molar refractivity (Wildman–Crippen MR) is 96.5 cm³/mol. The Morgan fingerprint density at radius 2 is 1.80 bits per heavy atom. The number of piperidine rings is 1. The lowest BCUT2D eigenvalue weighted by Crippen LogP contribution is -2.44. The molecule has 0 bridgehead atoms. The number of hydrogen-bond donors (Lipinski definition) is 1. The van der Waals surface area contributed by atoms with E-state index in [0.717, 1.165) is 0 Å². The van der Waals surface area contributed by atoms with E-state index in [4.69, 9.17) is 11.6 Å². The highest BCUT2D eigenvalue weighted by Crippen LogP contribution is 2.24. The van der Waals surface area contributed by atoms with Crippen molar-refractivity contribution in [3.63, 3.8) is 0 Å². The number of sulfone groups is 1. The minimum absolute atomic E-state index is 0.116. The summed E-state index contributed by atoms with van der Waals surface area (Å²) in [6, 6.07) is 6.72. The van der Waals surface area contributed by atoms with Crippen LogP contribution in [0.2, 0.25) is 5.02 Å². The van der Waals surface area contributed by atoms with Crippen LogP contribution in [0, 0.1) is 0 Å². The van der Waals surface area contributed by atoms with Crippen molar-refractivity contribution in [3.8, 4) is 0 Å². The molecule has 1 amide bonds. The fraction of sp³-hybridized carbons (Fsp3) is 0.533. The van der Waals surface area contributed by atoms with Gasteiger partial charge < -0.3 is 5.32 Å². The lowest BCUT2D eigenvalue weighted by molar-refractivity contribution is -0.118. The van der Waals surface area contributed by atoms with E-state index < -0.39 is 36.8 Å². The predicted octanol–water partition coefficient (Wildman–Crippen LogP) is 0.795. The first-order valence-electron chi connectivity index (χ1n) is 7.79. The number of benzene rings is 1. The minimum atomic E-state index is -3.58. The van der Waals surface area contributed by atoms with Crippen molar-refractivity contribution < 1.29 is 21.6 Å². The van der Waals surface area contributed by atoms with Crippen molar-refractivity contribution in [3.05, 3.63) is 34.9 Å². The van der Waals surface area contributed by atoms with Crippen molar-refractivity contribution in [1.29, 1.82) is 0 Å². The summed E-state index contributed by atoms with van der Waals surface area (Å²) in [6.45, 7) is 0.231. The lowest BCUT2D eigenvalue weighted by atomic mass is 10.2. The Morgan fingerprint density at radius 3 is 2.36 bits per heavy atom. The van der Waals surface area contributed by atoms with Gasteiger partial charge in [-0.25, -0.2) is 21.1 Å². The average Bonchev–Trinajstić information content (AvgIpc) is 2.56. The Labute approximate surface area is 153 Å². The molecule has 7 nitrogen and oxygen atoms in total. The molecule has 1 fully saturated rings. The molecule has 0 saturated carbocycles. The van der Waals surface area contributed by atoms with Gasteiger partial charge >= 0.3 is 0 Å². The summed E-state index contributed by atoms with van der Waals surface area (Å²) in [5, 5.41) is 1.97. The van der Waals surface area contributed by atoms with E-state index in [1.165, 1.54) is 11.4 Å². The third kappa shape index (κ3) is 5.16. The van der Waals surface area contributed by atoms with E-state index in [0.29, 0.717) is 10.6 Å². The molecule has 1 aliphatic rings. The van der Waals surface area contributed by atoms with Crippen LogP contribution in [0.1, 0.15) is 18.4 Å². The maximum atomic E-state index is 12.5. The van der Waals surface area contributed by atoms with Crippen LogP contribution in [0.3, 0.4) is 0 Å². The third-order valence-corrected chi connectivity index (χ3v) is 8.56. The van der Waals surface area contributed by atoms with Gasteiger partial charge in [0.1, 0.15) is 5.75 Å². The van der Waals surface area contributed by atoms with Crippen LogP contribution < -0.4 is 5.32 Å². The van der Waals surface area contributed by atoms with Gasteiger partial charge in [0, 0.05) is 25.2 Å². The number of nitrogens with zero attached hydrogens (tertiary/aromatic N) is 1. The van der Waals surface area contributed by atoms with Crippen LogP contribution in [0.15, 0.2) is 24.3 Å². The summed E-state index contributed by atoms with van der Waals surface area (Å²) in [4.78, 5) is 11.3.